The molecule has 0 saturated carbocycles. The number of hydrogen-bond donors (Lipinski definition) is 1. The van der Waals surface area contributed by atoms with Crippen molar-refractivity contribution < 1.29 is 9.52 Å². The van der Waals surface area contributed by atoms with Crippen molar-refractivity contribution in [1.82, 2.24) is 14.8 Å². The maximum Gasteiger partial charge on any atom is 0.199 e. The Hall–Kier alpha value is -1.62. The summed E-state index contributed by atoms with van der Waals surface area (Å²) in [6.45, 7) is 2.74. The molecule has 1 N–H and O–H groups in total. The third-order valence-electron chi connectivity index (χ3n) is 2.90. The highest BCUT2D eigenvalue weighted by atomic mass is 16.3. The van der Waals surface area contributed by atoms with Crippen LogP contribution >= 0.6 is 0 Å². The van der Waals surface area contributed by atoms with Gasteiger partial charge in [0.2, 0.25) is 0 Å². The summed E-state index contributed by atoms with van der Waals surface area (Å²) in [5, 5.41) is 17.9. The Kier molecular flexibility index (Phi) is 2.07. The van der Waals surface area contributed by atoms with Gasteiger partial charge in [-0.3, -0.25) is 0 Å². The molecule has 0 radical (unpaired) electrons. The second kappa shape index (κ2) is 3.45. The SMILES string of the molecule is Cc1ccc(-c2nnc3n2CCCC3O)o1. The van der Waals surface area contributed by atoms with Crippen LogP contribution in [0.2, 0.25) is 0 Å². The normalized spacial score (nSPS) is 19.8. The lowest BCUT2D eigenvalue weighted by Gasteiger charge is -2.18. The molecule has 1 atom stereocenters. The van der Waals surface area contributed by atoms with Gasteiger partial charge in [-0.1, -0.05) is 0 Å². The average Bonchev–Trinajstić information content (AvgIpc) is 2.84. The molecular formula is C11H13N3O2. The number of aliphatic hydroxyl groups is 1. The van der Waals surface area contributed by atoms with Gasteiger partial charge in [-0.2, -0.15) is 0 Å². The standard InChI is InChI=1S/C11H13N3O2/c1-7-4-5-9(16-7)11-13-12-10-8(15)3-2-6-14(10)11/h4-5,8,15H,2-3,6H2,1H3. The van der Waals surface area contributed by atoms with E-state index in [2.05, 4.69) is 10.2 Å². The third kappa shape index (κ3) is 1.36. The minimum Gasteiger partial charge on any atom is -0.458 e. The fourth-order valence-electron chi connectivity index (χ4n) is 2.09. The molecule has 1 unspecified atom stereocenters. The molecule has 16 heavy (non-hydrogen) atoms. The van der Waals surface area contributed by atoms with Gasteiger partial charge in [0.25, 0.3) is 0 Å². The van der Waals surface area contributed by atoms with Crippen LogP contribution in [0.3, 0.4) is 0 Å². The summed E-state index contributed by atoms with van der Waals surface area (Å²) in [7, 11) is 0. The van der Waals surface area contributed by atoms with Gasteiger partial charge in [0.15, 0.2) is 17.4 Å². The molecule has 0 bridgehead atoms. The lowest BCUT2D eigenvalue weighted by atomic mass is 10.1. The van der Waals surface area contributed by atoms with Gasteiger partial charge >= 0.3 is 0 Å². The smallest absolute Gasteiger partial charge is 0.199 e. The summed E-state index contributed by atoms with van der Waals surface area (Å²) in [6.07, 6.45) is 1.21. The van der Waals surface area contributed by atoms with E-state index in [1.54, 1.807) is 0 Å². The van der Waals surface area contributed by atoms with Crippen LogP contribution < -0.4 is 0 Å². The number of fused-ring (bicyclic) bond motifs is 1. The minimum atomic E-state index is -0.494. The summed E-state index contributed by atoms with van der Waals surface area (Å²) in [4.78, 5) is 0. The van der Waals surface area contributed by atoms with Crippen molar-refractivity contribution in [3.63, 3.8) is 0 Å². The van der Waals surface area contributed by atoms with Gasteiger partial charge in [-0.05, 0) is 31.9 Å². The maximum absolute atomic E-state index is 9.77. The van der Waals surface area contributed by atoms with E-state index in [4.69, 9.17) is 4.42 Å². The van der Waals surface area contributed by atoms with Crippen molar-refractivity contribution in [2.24, 2.45) is 0 Å². The van der Waals surface area contributed by atoms with E-state index in [1.807, 2.05) is 23.6 Å². The quantitative estimate of drug-likeness (QED) is 0.792. The second-order valence-electron chi connectivity index (χ2n) is 4.10. The van der Waals surface area contributed by atoms with Gasteiger partial charge in [-0.15, -0.1) is 10.2 Å². The van der Waals surface area contributed by atoms with E-state index in [1.165, 1.54) is 0 Å². The summed E-state index contributed by atoms with van der Waals surface area (Å²) in [6, 6.07) is 3.78. The number of hydrogen-bond acceptors (Lipinski definition) is 4. The van der Waals surface area contributed by atoms with Crippen LogP contribution in [0.1, 0.15) is 30.5 Å². The first-order valence-electron chi connectivity index (χ1n) is 5.43. The van der Waals surface area contributed by atoms with Gasteiger partial charge in [0.1, 0.15) is 11.9 Å². The third-order valence-corrected chi connectivity index (χ3v) is 2.90. The van der Waals surface area contributed by atoms with Gasteiger partial charge in [-0.25, -0.2) is 0 Å². The van der Waals surface area contributed by atoms with E-state index in [9.17, 15) is 5.11 Å². The first-order valence-corrected chi connectivity index (χ1v) is 5.43. The number of rotatable bonds is 1. The fraction of sp³-hybridized carbons (Fsp3) is 0.455. The van der Waals surface area contributed by atoms with Crippen LogP contribution in [0.15, 0.2) is 16.5 Å². The maximum atomic E-state index is 9.77. The molecule has 2 aromatic heterocycles. The van der Waals surface area contributed by atoms with Crippen LogP contribution in [-0.4, -0.2) is 19.9 Å². The van der Waals surface area contributed by atoms with Crippen molar-refractivity contribution in [3.8, 4) is 11.6 Å². The molecule has 1 aliphatic rings. The molecule has 3 heterocycles. The lowest BCUT2D eigenvalue weighted by molar-refractivity contribution is 0.133. The molecule has 0 aromatic carbocycles. The number of furan rings is 1. The van der Waals surface area contributed by atoms with E-state index in [-0.39, 0.29) is 0 Å². The monoisotopic (exact) mass is 219 g/mol. The molecule has 3 rings (SSSR count). The highest BCUT2D eigenvalue weighted by molar-refractivity contribution is 5.47. The average molecular weight is 219 g/mol. The highest BCUT2D eigenvalue weighted by Gasteiger charge is 2.24. The van der Waals surface area contributed by atoms with Crippen LogP contribution in [-0.2, 0) is 6.54 Å². The van der Waals surface area contributed by atoms with Gasteiger partial charge in [0, 0.05) is 6.54 Å². The fourth-order valence-corrected chi connectivity index (χ4v) is 2.09. The van der Waals surface area contributed by atoms with Crippen LogP contribution in [0.5, 0.6) is 0 Å². The first kappa shape index (κ1) is 9.59. The Morgan fingerprint density at radius 1 is 1.44 bits per heavy atom. The van der Waals surface area contributed by atoms with Crippen LogP contribution in [0.25, 0.3) is 11.6 Å². The van der Waals surface area contributed by atoms with E-state index in [0.717, 1.165) is 25.1 Å². The number of nitrogens with zero attached hydrogens (tertiary/aromatic N) is 3. The molecule has 0 spiro atoms. The molecule has 0 amide bonds. The van der Waals surface area contributed by atoms with E-state index < -0.39 is 6.10 Å². The predicted molar refractivity (Wildman–Crippen MR) is 56.7 cm³/mol. The number of aliphatic hydroxyl groups excluding tert-OH is 1. The molecule has 0 saturated heterocycles. The molecule has 1 aliphatic heterocycles. The molecule has 0 aliphatic carbocycles. The zero-order valence-electron chi connectivity index (χ0n) is 9.05. The van der Waals surface area contributed by atoms with Crippen molar-refractivity contribution in [2.75, 3.05) is 0 Å². The molecule has 5 nitrogen and oxygen atoms in total. The molecule has 0 fully saturated rings. The predicted octanol–water partition coefficient (Wildman–Crippen LogP) is 1.67. The Labute approximate surface area is 92.7 Å². The van der Waals surface area contributed by atoms with Crippen molar-refractivity contribution in [1.29, 1.82) is 0 Å². The second-order valence-corrected chi connectivity index (χ2v) is 4.10. The van der Waals surface area contributed by atoms with E-state index in [0.29, 0.717) is 17.4 Å². The summed E-state index contributed by atoms with van der Waals surface area (Å²) in [5.41, 5.74) is 0. The Morgan fingerprint density at radius 3 is 3.06 bits per heavy atom. The highest BCUT2D eigenvalue weighted by Crippen LogP contribution is 2.28. The number of aromatic nitrogens is 3. The Balaban J connectivity index is 2.09. The molecule has 2 aromatic rings. The number of aryl methyl sites for hydroxylation is 1. The summed E-state index contributed by atoms with van der Waals surface area (Å²) < 4.78 is 7.46. The summed E-state index contributed by atoms with van der Waals surface area (Å²) in [5.74, 6) is 2.92. The van der Waals surface area contributed by atoms with E-state index >= 15 is 0 Å². The van der Waals surface area contributed by atoms with Crippen LogP contribution in [0.4, 0.5) is 0 Å². The van der Waals surface area contributed by atoms with Crippen molar-refractivity contribution in [2.45, 2.75) is 32.4 Å². The topological polar surface area (TPSA) is 64.1 Å². The van der Waals surface area contributed by atoms with Crippen LogP contribution in [0, 0.1) is 6.92 Å². The minimum absolute atomic E-state index is 0.494. The Bertz CT molecular complexity index is 515. The van der Waals surface area contributed by atoms with Crippen molar-refractivity contribution in [3.05, 3.63) is 23.7 Å². The zero-order chi connectivity index (χ0) is 11.1. The lowest BCUT2D eigenvalue weighted by Crippen LogP contribution is -2.16. The Morgan fingerprint density at radius 2 is 2.31 bits per heavy atom. The molecular weight excluding hydrogens is 206 g/mol. The zero-order valence-corrected chi connectivity index (χ0v) is 9.05. The van der Waals surface area contributed by atoms with Crippen molar-refractivity contribution >= 4 is 0 Å². The summed E-state index contributed by atoms with van der Waals surface area (Å²) >= 11 is 0. The van der Waals surface area contributed by atoms with Gasteiger partial charge < -0.3 is 14.1 Å². The molecule has 5 heteroatoms. The first-order chi connectivity index (χ1) is 7.75. The largest absolute Gasteiger partial charge is 0.458 e. The van der Waals surface area contributed by atoms with Gasteiger partial charge in [0.05, 0.1) is 0 Å². The molecule has 84 valence electrons.